The third-order valence-corrected chi connectivity index (χ3v) is 8.12. The van der Waals surface area contributed by atoms with Crippen molar-refractivity contribution in [2.75, 3.05) is 18.0 Å². The van der Waals surface area contributed by atoms with Gasteiger partial charge in [0.2, 0.25) is 5.91 Å². The lowest BCUT2D eigenvalue weighted by atomic mass is 9.93. The topological polar surface area (TPSA) is 75.7 Å². The highest BCUT2D eigenvalue weighted by Crippen LogP contribution is 2.32. The molecular weight excluding hydrogens is 472 g/mol. The Kier molecular flexibility index (Phi) is 8.79. The van der Waals surface area contributed by atoms with Crippen LogP contribution in [-0.4, -0.2) is 28.0 Å². The van der Waals surface area contributed by atoms with Crippen molar-refractivity contribution in [3.63, 3.8) is 0 Å². The molecule has 0 aromatic heterocycles. The highest BCUT2D eigenvalue weighted by atomic mass is 32.2. The first-order valence-electron chi connectivity index (χ1n) is 12.2. The number of para-hydroxylation sites is 1. The quantitative estimate of drug-likeness (QED) is 0.378. The van der Waals surface area contributed by atoms with E-state index in [0.717, 1.165) is 28.0 Å². The Bertz CT molecular complexity index is 1300. The monoisotopic (exact) mass is 508 g/mol. The molecule has 3 rings (SSSR count). The summed E-state index contributed by atoms with van der Waals surface area (Å²) in [6.07, 6.45) is 0.637. The molecule has 7 heteroatoms. The molecule has 0 aliphatic heterocycles. The fraction of sp³-hybridized carbons (Fsp3) is 0.345. The number of hydrogen-bond acceptors (Lipinski definition) is 4. The molecule has 0 heterocycles. The number of benzene rings is 3. The number of anilines is 1. The third-order valence-electron chi connectivity index (χ3n) is 6.34. The van der Waals surface area contributed by atoms with E-state index in [2.05, 4.69) is 25.2 Å². The van der Waals surface area contributed by atoms with Crippen molar-refractivity contribution < 1.29 is 17.9 Å². The lowest BCUT2D eigenvalue weighted by Crippen LogP contribution is -2.42. The summed E-state index contributed by atoms with van der Waals surface area (Å²) in [4.78, 5) is 13.4. The Labute approximate surface area is 215 Å². The predicted molar refractivity (Wildman–Crippen MR) is 145 cm³/mol. The van der Waals surface area contributed by atoms with E-state index < -0.39 is 10.0 Å². The molecule has 0 spiro atoms. The minimum absolute atomic E-state index is 0.143. The van der Waals surface area contributed by atoms with Gasteiger partial charge in [-0.15, -0.1) is 0 Å². The Hall–Kier alpha value is -3.32. The van der Waals surface area contributed by atoms with Gasteiger partial charge in [-0.3, -0.25) is 9.10 Å². The number of rotatable bonds is 10. The highest BCUT2D eigenvalue weighted by Gasteiger charge is 2.29. The predicted octanol–water partition coefficient (Wildman–Crippen LogP) is 5.76. The van der Waals surface area contributed by atoms with Crippen molar-refractivity contribution in [3.8, 4) is 5.75 Å². The molecule has 3 aromatic carbocycles. The van der Waals surface area contributed by atoms with E-state index in [-0.39, 0.29) is 29.3 Å². The second kappa shape index (κ2) is 11.6. The van der Waals surface area contributed by atoms with Crippen molar-refractivity contribution in [1.82, 2.24) is 5.32 Å². The van der Waals surface area contributed by atoms with Crippen molar-refractivity contribution in [1.29, 1.82) is 0 Å². The molecule has 0 unspecified atom stereocenters. The number of carbonyl (C=O) groups is 1. The van der Waals surface area contributed by atoms with Gasteiger partial charge < -0.3 is 10.1 Å². The molecular formula is C29H36N2O4S. The van der Waals surface area contributed by atoms with Gasteiger partial charge in [-0.2, -0.15) is 0 Å². The lowest BCUT2D eigenvalue weighted by Gasteiger charge is -2.27. The van der Waals surface area contributed by atoms with Crippen LogP contribution in [0.1, 0.15) is 61.9 Å². The SMILES string of the molecule is CCc1ccccc1N(CC(=O)N[C@H](C)c1cc(C(C)C)c(OC)cc1C)S(=O)(=O)c1ccccc1. The van der Waals surface area contributed by atoms with Crippen LogP contribution in [0, 0.1) is 6.92 Å². The summed E-state index contributed by atoms with van der Waals surface area (Å²) in [5, 5.41) is 3.02. The molecule has 3 aromatic rings. The zero-order valence-electron chi connectivity index (χ0n) is 21.9. The van der Waals surface area contributed by atoms with Crippen molar-refractivity contribution in [2.24, 2.45) is 0 Å². The lowest BCUT2D eigenvalue weighted by molar-refractivity contribution is -0.120. The maximum Gasteiger partial charge on any atom is 0.264 e. The molecule has 1 atom stereocenters. The molecule has 0 bridgehead atoms. The Morgan fingerprint density at radius 1 is 0.972 bits per heavy atom. The fourth-order valence-electron chi connectivity index (χ4n) is 4.38. The first-order valence-corrected chi connectivity index (χ1v) is 13.7. The molecule has 0 radical (unpaired) electrons. The Morgan fingerprint density at radius 3 is 2.22 bits per heavy atom. The summed E-state index contributed by atoms with van der Waals surface area (Å²) in [6.45, 7) is 9.72. The minimum Gasteiger partial charge on any atom is -0.496 e. The van der Waals surface area contributed by atoms with E-state index in [1.807, 2.05) is 39.0 Å². The summed E-state index contributed by atoms with van der Waals surface area (Å²) in [6, 6.07) is 19.2. The molecule has 1 N–H and O–H groups in total. The van der Waals surface area contributed by atoms with E-state index >= 15 is 0 Å². The maximum atomic E-state index is 13.7. The molecule has 0 saturated heterocycles. The van der Waals surface area contributed by atoms with Crippen LogP contribution in [0.15, 0.2) is 71.6 Å². The molecule has 0 fully saturated rings. The summed E-state index contributed by atoms with van der Waals surface area (Å²) >= 11 is 0. The summed E-state index contributed by atoms with van der Waals surface area (Å²) in [5.41, 5.74) is 4.39. The van der Waals surface area contributed by atoms with Crippen LogP contribution in [0.2, 0.25) is 0 Å². The Balaban J connectivity index is 1.94. The Morgan fingerprint density at radius 2 is 1.61 bits per heavy atom. The molecule has 0 saturated carbocycles. The molecule has 0 aliphatic carbocycles. The number of nitrogens with one attached hydrogen (secondary N) is 1. The van der Waals surface area contributed by atoms with Gasteiger partial charge >= 0.3 is 0 Å². The van der Waals surface area contributed by atoms with Crippen LogP contribution in [0.4, 0.5) is 5.69 Å². The average molecular weight is 509 g/mol. The van der Waals surface area contributed by atoms with Crippen LogP contribution in [0.3, 0.4) is 0 Å². The first-order chi connectivity index (χ1) is 17.1. The van der Waals surface area contributed by atoms with Crippen LogP contribution < -0.4 is 14.4 Å². The van der Waals surface area contributed by atoms with E-state index in [1.165, 1.54) is 4.31 Å². The van der Waals surface area contributed by atoms with Gasteiger partial charge in [-0.25, -0.2) is 8.42 Å². The summed E-state index contributed by atoms with van der Waals surface area (Å²) in [7, 11) is -2.31. The van der Waals surface area contributed by atoms with Gasteiger partial charge in [-0.1, -0.05) is 57.2 Å². The molecule has 6 nitrogen and oxygen atoms in total. The van der Waals surface area contributed by atoms with E-state index in [1.54, 1.807) is 49.6 Å². The van der Waals surface area contributed by atoms with Gasteiger partial charge in [0.1, 0.15) is 12.3 Å². The van der Waals surface area contributed by atoms with Crippen molar-refractivity contribution in [2.45, 2.75) is 57.9 Å². The van der Waals surface area contributed by atoms with Crippen LogP contribution in [-0.2, 0) is 21.2 Å². The molecule has 1 amide bonds. The first kappa shape index (κ1) is 27.3. The van der Waals surface area contributed by atoms with Crippen molar-refractivity contribution in [3.05, 3.63) is 89.0 Å². The van der Waals surface area contributed by atoms with Crippen LogP contribution in [0.25, 0.3) is 0 Å². The number of aryl methyl sites for hydroxylation is 2. The summed E-state index contributed by atoms with van der Waals surface area (Å²) < 4.78 is 34.1. The normalized spacial score (nSPS) is 12.3. The average Bonchev–Trinajstić information content (AvgIpc) is 2.87. The van der Waals surface area contributed by atoms with E-state index in [9.17, 15) is 13.2 Å². The van der Waals surface area contributed by atoms with Gasteiger partial charge in [0.15, 0.2) is 0 Å². The van der Waals surface area contributed by atoms with Gasteiger partial charge in [-0.05, 0) is 78.8 Å². The van der Waals surface area contributed by atoms with Crippen LogP contribution in [0.5, 0.6) is 5.75 Å². The maximum absolute atomic E-state index is 13.7. The largest absolute Gasteiger partial charge is 0.496 e. The van der Waals surface area contributed by atoms with Gasteiger partial charge in [0, 0.05) is 0 Å². The number of ether oxygens (including phenoxy) is 1. The molecule has 0 aliphatic rings. The van der Waals surface area contributed by atoms with E-state index in [4.69, 9.17) is 4.74 Å². The number of amides is 1. The number of hydrogen-bond donors (Lipinski definition) is 1. The fourth-order valence-corrected chi connectivity index (χ4v) is 5.86. The number of carbonyl (C=O) groups excluding carboxylic acids is 1. The third kappa shape index (κ3) is 5.90. The number of sulfonamides is 1. The second-order valence-electron chi connectivity index (χ2n) is 9.20. The van der Waals surface area contributed by atoms with Gasteiger partial charge in [0.25, 0.3) is 10.0 Å². The van der Waals surface area contributed by atoms with E-state index in [0.29, 0.717) is 12.1 Å². The zero-order chi connectivity index (χ0) is 26.5. The minimum atomic E-state index is -3.96. The standard InChI is InChI=1S/C29H36N2O4S/c1-7-23-13-11-12-16-27(23)31(36(33,34)24-14-9-8-10-15-24)19-29(32)30-22(5)26-18-25(20(2)3)28(35-6)17-21(26)4/h8-18,20,22H,7,19H2,1-6H3,(H,30,32)/t22-/m1/s1. The second-order valence-corrected chi connectivity index (χ2v) is 11.1. The number of nitrogens with zero attached hydrogens (tertiary/aromatic N) is 1. The molecule has 36 heavy (non-hydrogen) atoms. The van der Waals surface area contributed by atoms with Crippen LogP contribution >= 0.6 is 0 Å². The zero-order valence-corrected chi connectivity index (χ0v) is 22.7. The number of methoxy groups -OCH3 is 1. The van der Waals surface area contributed by atoms with Gasteiger partial charge in [0.05, 0.1) is 23.7 Å². The highest BCUT2D eigenvalue weighted by molar-refractivity contribution is 7.92. The summed E-state index contributed by atoms with van der Waals surface area (Å²) in [5.74, 6) is 0.689. The molecule has 192 valence electrons. The van der Waals surface area contributed by atoms with Crippen molar-refractivity contribution >= 4 is 21.6 Å². The smallest absolute Gasteiger partial charge is 0.264 e.